The lowest BCUT2D eigenvalue weighted by Crippen LogP contribution is -2.60. The first-order valence-corrected chi connectivity index (χ1v) is 23.6. The Kier molecular flexibility index (Phi) is 35.7. The highest BCUT2D eigenvalue weighted by Crippen LogP contribution is 2.23. The van der Waals surface area contributed by atoms with E-state index < -0.39 is 49.5 Å². The SMILES string of the molecule is CCCCCC/C=C\CCCC(=O)NC(COC1OC(CO)C(O)C(O)C1O)C(O)/C=C/CCCCCCCCCCCCCCCCCCCCCCCC. The summed E-state index contributed by atoms with van der Waals surface area (Å²) in [6.45, 7) is 3.72. The fraction of sp³-hybridized carbons (Fsp3) is 0.894. The van der Waals surface area contributed by atoms with E-state index in [1.165, 1.54) is 154 Å². The zero-order valence-corrected chi connectivity index (χ0v) is 36.1. The van der Waals surface area contributed by atoms with Gasteiger partial charge in [0.2, 0.25) is 5.91 Å². The molecule has 6 N–H and O–H groups in total. The van der Waals surface area contributed by atoms with Crippen molar-refractivity contribution in [3.8, 4) is 0 Å². The predicted octanol–water partition coefficient (Wildman–Crippen LogP) is 9.89. The van der Waals surface area contributed by atoms with Crippen molar-refractivity contribution in [3.05, 3.63) is 24.3 Å². The van der Waals surface area contributed by atoms with Crippen molar-refractivity contribution >= 4 is 5.91 Å². The molecule has 9 nitrogen and oxygen atoms in total. The minimum absolute atomic E-state index is 0.197. The van der Waals surface area contributed by atoms with Crippen LogP contribution in [0.3, 0.4) is 0 Å². The molecule has 0 saturated carbocycles. The number of carbonyl (C=O) groups excluding carboxylic acids is 1. The van der Waals surface area contributed by atoms with Gasteiger partial charge in [-0.15, -0.1) is 0 Å². The Labute approximate surface area is 343 Å². The average molecular weight is 796 g/mol. The molecule has 1 aliphatic heterocycles. The quantitative estimate of drug-likeness (QED) is 0.0266. The van der Waals surface area contributed by atoms with Gasteiger partial charge < -0.3 is 40.3 Å². The maximum atomic E-state index is 12.8. The third-order valence-corrected chi connectivity index (χ3v) is 11.3. The number of ether oxygens (including phenoxy) is 2. The van der Waals surface area contributed by atoms with Crippen LogP contribution in [0.4, 0.5) is 0 Å². The van der Waals surface area contributed by atoms with Crippen molar-refractivity contribution in [2.45, 2.75) is 256 Å². The molecular formula is C47H89NO8. The first-order chi connectivity index (χ1) is 27.3. The normalized spacial score (nSPS) is 21.3. The van der Waals surface area contributed by atoms with Gasteiger partial charge >= 0.3 is 0 Å². The average Bonchev–Trinajstić information content (AvgIpc) is 3.20. The van der Waals surface area contributed by atoms with Gasteiger partial charge in [-0.05, 0) is 38.5 Å². The smallest absolute Gasteiger partial charge is 0.220 e. The summed E-state index contributed by atoms with van der Waals surface area (Å²) in [6, 6.07) is -0.815. The molecule has 330 valence electrons. The number of hydrogen-bond acceptors (Lipinski definition) is 8. The lowest BCUT2D eigenvalue weighted by molar-refractivity contribution is -0.302. The number of amides is 1. The van der Waals surface area contributed by atoms with Crippen LogP contribution in [0.5, 0.6) is 0 Å². The second-order valence-electron chi connectivity index (χ2n) is 16.5. The Morgan fingerprint density at radius 2 is 1.00 bits per heavy atom. The van der Waals surface area contributed by atoms with E-state index in [1.54, 1.807) is 6.08 Å². The summed E-state index contributed by atoms with van der Waals surface area (Å²) in [6.07, 6.45) is 38.3. The van der Waals surface area contributed by atoms with Gasteiger partial charge in [-0.2, -0.15) is 0 Å². The summed E-state index contributed by atoms with van der Waals surface area (Å²) in [7, 11) is 0. The fourth-order valence-corrected chi connectivity index (χ4v) is 7.45. The van der Waals surface area contributed by atoms with Crippen molar-refractivity contribution in [2.24, 2.45) is 0 Å². The molecule has 1 saturated heterocycles. The van der Waals surface area contributed by atoms with E-state index in [1.807, 2.05) is 6.08 Å². The first kappa shape index (κ1) is 52.7. The van der Waals surface area contributed by atoms with Gasteiger partial charge in [0.1, 0.15) is 24.4 Å². The highest BCUT2D eigenvalue weighted by atomic mass is 16.7. The van der Waals surface area contributed by atoms with Crippen LogP contribution < -0.4 is 5.32 Å². The van der Waals surface area contributed by atoms with Crippen molar-refractivity contribution in [1.82, 2.24) is 5.32 Å². The molecule has 9 heteroatoms. The van der Waals surface area contributed by atoms with Gasteiger partial charge in [-0.1, -0.05) is 192 Å². The molecule has 7 unspecified atom stereocenters. The molecule has 1 aliphatic rings. The molecule has 0 aliphatic carbocycles. The fourth-order valence-electron chi connectivity index (χ4n) is 7.45. The maximum absolute atomic E-state index is 12.8. The molecule has 1 amide bonds. The molecule has 0 radical (unpaired) electrons. The minimum atomic E-state index is -1.57. The van der Waals surface area contributed by atoms with Crippen LogP contribution in [0.1, 0.15) is 213 Å². The Bertz CT molecular complexity index is 930. The number of rotatable bonds is 39. The predicted molar refractivity (Wildman–Crippen MR) is 230 cm³/mol. The van der Waals surface area contributed by atoms with E-state index in [0.717, 1.165) is 32.1 Å². The van der Waals surface area contributed by atoms with Crippen molar-refractivity contribution in [3.63, 3.8) is 0 Å². The molecule has 0 aromatic rings. The van der Waals surface area contributed by atoms with E-state index in [4.69, 9.17) is 9.47 Å². The second-order valence-corrected chi connectivity index (χ2v) is 16.5. The molecular weight excluding hydrogens is 707 g/mol. The largest absolute Gasteiger partial charge is 0.394 e. The minimum Gasteiger partial charge on any atom is -0.394 e. The van der Waals surface area contributed by atoms with Crippen molar-refractivity contribution in [2.75, 3.05) is 13.2 Å². The Hall–Kier alpha value is -1.33. The monoisotopic (exact) mass is 796 g/mol. The van der Waals surface area contributed by atoms with Crippen LogP contribution in [-0.4, -0.2) is 87.5 Å². The highest BCUT2D eigenvalue weighted by Gasteiger charge is 2.44. The van der Waals surface area contributed by atoms with E-state index in [9.17, 15) is 30.3 Å². The van der Waals surface area contributed by atoms with Crippen LogP contribution in [0.15, 0.2) is 24.3 Å². The van der Waals surface area contributed by atoms with Gasteiger partial charge in [0.05, 0.1) is 25.4 Å². The van der Waals surface area contributed by atoms with E-state index in [0.29, 0.717) is 12.8 Å². The van der Waals surface area contributed by atoms with Crippen LogP contribution >= 0.6 is 0 Å². The maximum Gasteiger partial charge on any atom is 0.220 e. The summed E-state index contributed by atoms with van der Waals surface area (Å²) in [5.41, 5.74) is 0. The van der Waals surface area contributed by atoms with Crippen LogP contribution in [0.25, 0.3) is 0 Å². The highest BCUT2D eigenvalue weighted by molar-refractivity contribution is 5.76. The zero-order valence-electron chi connectivity index (χ0n) is 36.1. The molecule has 0 bridgehead atoms. The summed E-state index contributed by atoms with van der Waals surface area (Å²) in [5, 5.41) is 54.0. The van der Waals surface area contributed by atoms with Crippen molar-refractivity contribution < 1.29 is 39.8 Å². The van der Waals surface area contributed by atoms with Crippen molar-refractivity contribution in [1.29, 1.82) is 0 Å². The number of allylic oxidation sites excluding steroid dienone is 3. The molecule has 1 heterocycles. The van der Waals surface area contributed by atoms with Crippen LogP contribution in [0.2, 0.25) is 0 Å². The molecule has 1 rings (SSSR count). The molecule has 56 heavy (non-hydrogen) atoms. The van der Waals surface area contributed by atoms with Gasteiger partial charge in [-0.3, -0.25) is 4.79 Å². The number of hydrogen-bond donors (Lipinski definition) is 6. The van der Waals surface area contributed by atoms with Gasteiger partial charge in [0, 0.05) is 6.42 Å². The van der Waals surface area contributed by atoms with E-state index >= 15 is 0 Å². The Balaban J connectivity index is 2.25. The Morgan fingerprint density at radius 1 is 0.589 bits per heavy atom. The van der Waals surface area contributed by atoms with E-state index in [-0.39, 0.29) is 12.5 Å². The topological polar surface area (TPSA) is 149 Å². The molecule has 0 spiro atoms. The third kappa shape index (κ3) is 28.2. The Morgan fingerprint density at radius 3 is 1.46 bits per heavy atom. The summed E-state index contributed by atoms with van der Waals surface area (Å²) < 4.78 is 11.2. The molecule has 1 fully saturated rings. The lowest BCUT2D eigenvalue weighted by atomic mass is 9.99. The van der Waals surface area contributed by atoms with E-state index in [2.05, 4.69) is 31.3 Å². The number of aliphatic hydroxyl groups excluding tert-OH is 5. The van der Waals surface area contributed by atoms with Crippen LogP contribution in [-0.2, 0) is 14.3 Å². The van der Waals surface area contributed by atoms with Gasteiger partial charge in [0.15, 0.2) is 6.29 Å². The first-order valence-electron chi connectivity index (χ1n) is 23.6. The summed E-state index contributed by atoms with van der Waals surface area (Å²) in [5.74, 6) is -0.212. The number of carbonyl (C=O) groups is 1. The molecule has 0 aromatic carbocycles. The number of nitrogens with one attached hydrogen (secondary N) is 1. The zero-order chi connectivity index (χ0) is 40.9. The standard InChI is InChI=1S/C47H89NO8/c1-3-5-7-9-11-13-14-15-16-17-18-19-20-21-22-23-24-25-26-27-29-30-32-34-36-41(50)40(39-55-47-46(54)45(53)44(52)42(38-49)56-47)48-43(51)37-35-33-31-28-12-10-8-6-4-2/h28,31,34,36,40-42,44-47,49-50,52-54H,3-27,29-30,32-33,35,37-39H2,1-2H3,(H,48,51)/b31-28-,36-34+. The lowest BCUT2D eigenvalue weighted by Gasteiger charge is -2.40. The van der Waals surface area contributed by atoms with Crippen LogP contribution in [0, 0.1) is 0 Å². The van der Waals surface area contributed by atoms with Gasteiger partial charge in [-0.25, -0.2) is 0 Å². The number of unbranched alkanes of at least 4 members (excludes halogenated alkanes) is 27. The second kappa shape index (κ2) is 37.9. The summed E-state index contributed by atoms with van der Waals surface area (Å²) >= 11 is 0. The van der Waals surface area contributed by atoms with Gasteiger partial charge in [0.25, 0.3) is 0 Å². The molecule has 0 aromatic heterocycles. The summed E-state index contributed by atoms with van der Waals surface area (Å²) in [4.78, 5) is 12.8. The third-order valence-electron chi connectivity index (χ3n) is 11.3. The number of aliphatic hydroxyl groups is 5. The molecule has 7 atom stereocenters.